The number of halogens is 2. The molecule has 1 N–H and O–H groups in total. The van der Waals surface area contributed by atoms with Gasteiger partial charge in [-0.15, -0.1) is 0 Å². The minimum atomic E-state index is -0.408. The van der Waals surface area contributed by atoms with Crippen LogP contribution in [0.4, 0.5) is 4.39 Å². The number of methoxy groups -OCH3 is 1. The fraction of sp³-hybridized carbons (Fsp3) is 0.200. The molecule has 0 bridgehead atoms. The third kappa shape index (κ3) is 2.72. The zero-order valence-electron chi connectivity index (χ0n) is 10.8. The van der Waals surface area contributed by atoms with Crippen molar-refractivity contribution in [2.75, 3.05) is 14.2 Å². The Bertz CT molecular complexity index is 574. The van der Waals surface area contributed by atoms with E-state index in [0.29, 0.717) is 11.3 Å². The third-order valence-corrected chi connectivity index (χ3v) is 3.32. The summed E-state index contributed by atoms with van der Waals surface area (Å²) < 4.78 is 19.5. The summed E-state index contributed by atoms with van der Waals surface area (Å²) >= 11 is 5.84. The van der Waals surface area contributed by atoms with E-state index in [1.807, 2.05) is 24.3 Å². The number of hydrogen-bond donors (Lipinski definition) is 1. The summed E-state index contributed by atoms with van der Waals surface area (Å²) in [7, 11) is 3.37. The van der Waals surface area contributed by atoms with Crippen molar-refractivity contribution in [2.45, 2.75) is 6.04 Å². The maximum atomic E-state index is 14.1. The lowest BCUT2D eigenvalue weighted by molar-refractivity contribution is 0.404. The van der Waals surface area contributed by atoms with Crippen molar-refractivity contribution in [1.29, 1.82) is 0 Å². The van der Waals surface area contributed by atoms with Gasteiger partial charge in [-0.2, -0.15) is 0 Å². The molecule has 0 saturated carbocycles. The first-order valence-electron chi connectivity index (χ1n) is 5.93. The lowest BCUT2D eigenvalue weighted by atomic mass is 9.97. The van der Waals surface area contributed by atoms with Crippen molar-refractivity contribution in [2.24, 2.45) is 0 Å². The van der Waals surface area contributed by atoms with Crippen molar-refractivity contribution in [3.63, 3.8) is 0 Å². The fourth-order valence-corrected chi connectivity index (χ4v) is 2.31. The Labute approximate surface area is 117 Å². The van der Waals surface area contributed by atoms with Crippen LogP contribution in [0.25, 0.3) is 0 Å². The molecule has 0 radical (unpaired) electrons. The Morgan fingerprint density at radius 3 is 2.47 bits per heavy atom. The van der Waals surface area contributed by atoms with Crippen LogP contribution in [-0.4, -0.2) is 14.2 Å². The van der Waals surface area contributed by atoms with Crippen molar-refractivity contribution in [3.8, 4) is 5.75 Å². The smallest absolute Gasteiger partial charge is 0.146 e. The molecule has 0 aromatic heterocycles. The molecule has 0 aliphatic carbocycles. The molecule has 2 aromatic rings. The molecule has 2 aromatic carbocycles. The summed E-state index contributed by atoms with van der Waals surface area (Å²) in [4.78, 5) is 0. The summed E-state index contributed by atoms with van der Waals surface area (Å²) in [6.45, 7) is 0. The van der Waals surface area contributed by atoms with Crippen LogP contribution in [0, 0.1) is 5.82 Å². The molecule has 0 aliphatic heterocycles. The monoisotopic (exact) mass is 279 g/mol. The van der Waals surface area contributed by atoms with Gasteiger partial charge in [0.1, 0.15) is 11.6 Å². The predicted octanol–water partition coefficient (Wildman–Crippen LogP) is 3.80. The number of hydrogen-bond acceptors (Lipinski definition) is 2. The Balaban J connectivity index is 2.53. The number of nitrogens with one attached hydrogen (secondary N) is 1. The van der Waals surface area contributed by atoms with Crippen molar-refractivity contribution < 1.29 is 9.13 Å². The number of ether oxygens (including phenoxy) is 1. The fourth-order valence-electron chi connectivity index (χ4n) is 2.13. The van der Waals surface area contributed by atoms with E-state index in [4.69, 9.17) is 16.3 Å². The standard InChI is InChI=1S/C15H15ClFNO/c1-18-15(10-6-3-4-9-13(10)19-2)11-7-5-8-12(16)14(11)17/h3-9,15,18H,1-2H3. The first-order valence-corrected chi connectivity index (χ1v) is 6.31. The molecule has 0 amide bonds. The molecule has 2 rings (SSSR count). The van der Waals surface area contributed by atoms with Crippen LogP contribution in [0.2, 0.25) is 5.02 Å². The molecule has 0 heterocycles. The zero-order valence-corrected chi connectivity index (χ0v) is 11.5. The molecule has 100 valence electrons. The Kier molecular flexibility index (Phi) is 4.40. The normalized spacial score (nSPS) is 12.2. The van der Waals surface area contributed by atoms with Crippen molar-refractivity contribution >= 4 is 11.6 Å². The molecular weight excluding hydrogens is 265 g/mol. The van der Waals surface area contributed by atoms with Crippen molar-refractivity contribution in [1.82, 2.24) is 5.32 Å². The third-order valence-electron chi connectivity index (χ3n) is 3.03. The van der Waals surface area contributed by atoms with E-state index >= 15 is 0 Å². The van der Waals surface area contributed by atoms with E-state index in [0.717, 1.165) is 5.56 Å². The lowest BCUT2D eigenvalue weighted by Gasteiger charge is -2.20. The van der Waals surface area contributed by atoms with Crippen LogP contribution >= 0.6 is 11.6 Å². The van der Waals surface area contributed by atoms with Gasteiger partial charge in [-0.3, -0.25) is 0 Å². The zero-order chi connectivity index (χ0) is 13.8. The van der Waals surface area contributed by atoms with Crippen molar-refractivity contribution in [3.05, 3.63) is 64.4 Å². The number of benzene rings is 2. The summed E-state index contributed by atoms with van der Waals surface area (Å²) in [6, 6.07) is 12.2. The van der Waals surface area contributed by atoms with Crippen LogP contribution in [-0.2, 0) is 0 Å². The van der Waals surface area contributed by atoms with E-state index < -0.39 is 5.82 Å². The molecule has 2 nitrogen and oxygen atoms in total. The van der Waals surface area contributed by atoms with Gasteiger partial charge >= 0.3 is 0 Å². The highest BCUT2D eigenvalue weighted by molar-refractivity contribution is 6.30. The Hall–Kier alpha value is -1.58. The molecule has 0 spiro atoms. The summed E-state index contributed by atoms with van der Waals surface area (Å²) in [5.74, 6) is 0.302. The van der Waals surface area contributed by atoms with Gasteiger partial charge in [0.05, 0.1) is 18.2 Å². The molecule has 0 fully saturated rings. The van der Waals surface area contributed by atoms with Gasteiger partial charge in [0, 0.05) is 11.1 Å². The second-order valence-corrected chi connectivity index (χ2v) is 4.51. The first kappa shape index (κ1) is 13.8. The summed E-state index contributed by atoms with van der Waals surface area (Å²) in [5.41, 5.74) is 1.37. The van der Waals surface area contributed by atoms with Gasteiger partial charge in [-0.1, -0.05) is 41.9 Å². The molecule has 19 heavy (non-hydrogen) atoms. The molecule has 1 unspecified atom stereocenters. The highest BCUT2D eigenvalue weighted by Gasteiger charge is 2.20. The Morgan fingerprint density at radius 1 is 1.11 bits per heavy atom. The maximum absolute atomic E-state index is 14.1. The van der Waals surface area contributed by atoms with Crippen LogP contribution in [0.5, 0.6) is 5.75 Å². The average Bonchev–Trinajstić information content (AvgIpc) is 2.45. The van der Waals surface area contributed by atoms with Gasteiger partial charge in [0.2, 0.25) is 0 Å². The van der Waals surface area contributed by atoms with Crippen LogP contribution in [0.1, 0.15) is 17.2 Å². The van der Waals surface area contributed by atoms with E-state index in [9.17, 15) is 4.39 Å². The second-order valence-electron chi connectivity index (χ2n) is 4.11. The summed E-state index contributed by atoms with van der Waals surface area (Å²) in [6.07, 6.45) is 0. The molecule has 4 heteroatoms. The van der Waals surface area contributed by atoms with Crippen LogP contribution in [0.15, 0.2) is 42.5 Å². The van der Waals surface area contributed by atoms with Gasteiger partial charge in [-0.05, 0) is 19.2 Å². The highest BCUT2D eigenvalue weighted by atomic mass is 35.5. The largest absolute Gasteiger partial charge is 0.496 e. The molecule has 1 atom stereocenters. The Morgan fingerprint density at radius 2 is 1.79 bits per heavy atom. The van der Waals surface area contributed by atoms with Crippen LogP contribution < -0.4 is 10.1 Å². The minimum Gasteiger partial charge on any atom is -0.496 e. The van der Waals surface area contributed by atoms with E-state index in [1.54, 1.807) is 26.3 Å². The molecular formula is C15H15ClFNO. The number of para-hydroxylation sites is 1. The average molecular weight is 280 g/mol. The maximum Gasteiger partial charge on any atom is 0.146 e. The predicted molar refractivity (Wildman–Crippen MR) is 75.3 cm³/mol. The van der Waals surface area contributed by atoms with E-state index in [1.165, 1.54) is 6.07 Å². The van der Waals surface area contributed by atoms with Gasteiger partial charge < -0.3 is 10.1 Å². The van der Waals surface area contributed by atoms with E-state index in [-0.39, 0.29) is 11.1 Å². The molecule has 0 saturated heterocycles. The first-order chi connectivity index (χ1) is 9.19. The van der Waals surface area contributed by atoms with Gasteiger partial charge in [0.25, 0.3) is 0 Å². The van der Waals surface area contributed by atoms with Gasteiger partial charge in [0.15, 0.2) is 0 Å². The number of rotatable bonds is 4. The van der Waals surface area contributed by atoms with E-state index in [2.05, 4.69) is 5.32 Å². The van der Waals surface area contributed by atoms with Crippen LogP contribution in [0.3, 0.4) is 0 Å². The minimum absolute atomic E-state index is 0.118. The topological polar surface area (TPSA) is 21.3 Å². The highest BCUT2D eigenvalue weighted by Crippen LogP contribution is 2.32. The summed E-state index contributed by atoms with van der Waals surface area (Å²) in [5, 5.41) is 3.22. The quantitative estimate of drug-likeness (QED) is 0.919. The van der Waals surface area contributed by atoms with Gasteiger partial charge in [-0.25, -0.2) is 4.39 Å². The second kappa shape index (κ2) is 6.04. The lowest BCUT2D eigenvalue weighted by Crippen LogP contribution is -2.19. The molecule has 0 aliphatic rings. The SMILES string of the molecule is CNC(c1ccccc1OC)c1cccc(Cl)c1F.